The molecule has 33 heavy (non-hydrogen) atoms. The van der Waals surface area contributed by atoms with Gasteiger partial charge in [0.25, 0.3) is 0 Å². The lowest BCUT2D eigenvalue weighted by molar-refractivity contribution is -0.140. The van der Waals surface area contributed by atoms with Crippen LogP contribution in [0.5, 0.6) is 0 Å². The number of fused-ring (bicyclic) bond motifs is 1. The van der Waals surface area contributed by atoms with Gasteiger partial charge in [-0.2, -0.15) is 13.2 Å². The number of halogens is 3. The molecule has 1 fully saturated rings. The number of nitrogens with one attached hydrogen (secondary N) is 2. The zero-order chi connectivity index (χ0) is 23.4. The highest BCUT2D eigenvalue weighted by Crippen LogP contribution is 2.33. The van der Waals surface area contributed by atoms with E-state index in [0.29, 0.717) is 0 Å². The van der Waals surface area contributed by atoms with E-state index in [2.05, 4.69) is 21.6 Å². The number of likely N-dealkylation sites (tertiary alicyclic amines) is 1. The third-order valence-electron chi connectivity index (χ3n) is 6.68. The van der Waals surface area contributed by atoms with E-state index in [0.717, 1.165) is 57.2 Å². The van der Waals surface area contributed by atoms with Crippen LogP contribution in [0.15, 0.2) is 42.5 Å². The van der Waals surface area contributed by atoms with Gasteiger partial charge < -0.3 is 20.4 Å². The van der Waals surface area contributed by atoms with Gasteiger partial charge in [-0.3, -0.25) is 4.79 Å². The highest BCUT2D eigenvalue weighted by Gasteiger charge is 2.35. The molecule has 0 unspecified atom stereocenters. The zero-order valence-corrected chi connectivity index (χ0v) is 18.9. The van der Waals surface area contributed by atoms with Gasteiger partial charge in [-0.25, -0.2) is 0 Å². The van der Waals surface area contributed by atoms with Crippen molar-refractivity contribution >= 4 is 11.6 Å². The Kier molecular flexibility index (Phi) is 7.24. The number of amides is 1. The summed E-state index contributed by atoms with van der Waals surface area (Å²) in [6.45, 7) is 3.35. The molecule has 2 heterocycles. The van der Waals surface area contributed by atoms with Gasteiger partial charge in [-0.15, -0.1) is 0 Å². The topological polar surface area (TPSA) is 47.6 Å². The summed E-state index contributed by atoms with van der Waals surface area (Å²) in [6, 6.07) is 11.5. The largest absolute Gasteiger partial charge is 0.416 e. The van der Waals surface area contributed by atoms with Crippen LogP contribution in [0.4, 0.5) is 18.9 Å². The Hall–Kier alpha value is -2.58. The first-order valence-corrected chi connectivity index (χ1v) is 11.5. The Morgan fingerprint density at radius 2 is 1.91 bits per heavy atom. The first kappa shape index (κ1) is 23.6. The molecule has 1 saturated heterocycles. The minimum Gasteiger partial charge on any atom is -0.376 e. The second kappa shape index (κ2) is 10.1. The lowest BCUT2D eigenvalue weighted by Gasteiger charge is -2.38. The van der Waals surface area contributed by atoms with Gasteiger partial charge in [0.1, 0.15) is 0 Å². The van der Waals surface area contributed by atoms with Crippen LogP contribution in [0, 0.1) is 0 Å². The molecular formula is C25H31F3N4O. The molecular weight excluding hydrogens is 429 g/mol. The van der Waals surface area contributed by atoms with E-state index < -0.39 is 11.7 Å². The Labute approximate surface area is 192 Å². The fraction of sp³-hybridized carbons (Fsp3) is 0.480. The highest BCUT2D eigenvalue weighted by molar-refractivity contribution is 5.81. The lowest BCUT2D eigenvalue weighted by Crippen LogP contribution is -2.48. The monoisotopic (exact) mass is 460 g/mol. The second-order valence-electron chi connectivity index (χ2n) is 8.93. The predicted octanol–water partition coefficient (Wildman–Crippen LogP) is 3.89. The van der Waals surface area contributed by atoms with E-state index in [1.807, 2.05) is 19.2 Å². The molecule has 0 bridgehead atoms. The molecule has 2 aliphatic rings. The Balaban J connectivity index is 1.54. The lowest BCUT2D eigenvalue weighted by atomic mass is 9.99. The molecule has 5 nitrogen and oxygen atoms in total. The van der Waals surface area contributed by atoms with Crippen LogP contribution in [-0.2, 0) is 30.5 Å². The summed E-state index contributed by atoms with van der Waals surface area (Å²) in [4.78, 5) is 17.2. The van der Waals surface area contributed by atoms with Crippen LogP contribution < -0.4 is 10.6 Å². The summed E-state index contributed by atoms with van der Waals surface area (Å²) in [5.41, 5.74) is 2.82. The molecule has 2 aromatic carbocycles. The number of benzene rings is 2. The Morgan fingerprint density at radius 3 is 2.67 bits per heavy atom. The molecule has 0 aromatic heterocycles. The molecule has 0 aliphatic carbocycles. The maximum Gasteiger partial charge on any atom is 0.416 e. The number of piperidine rings is 1. The quantitative estimate of drug-likeness (QED) is 0.687. The van der Waals surface area contributed by atoms with Crippen molar-refractivity contribution in [1.29, 1.82) is 0 Å². The van der Waals surface area contributed by atoms with Crippen molar-refractivity contribution in [2.45, 2.75) is 44.6 Å². The smallest absolute Gasteiger partial charge is 0.376 e. The highest BCUT2D eigenvalue weighted by atomic mass is 19.4. The van der Waals surface area contributed by atoms with E-state index >= 15 is 0 Å². The first-order chi connectivity index (χ1) is 15.8. The van der Waals surface area contributed by atoms with E-state index in [9.17, 15) is 18.0 Å². The van der Waals surface area contributed by atoms with Crippen molar-refractivity contribution in [3.05, 3.63) is 64.7 Å². The number of carbonyl (C=O) groups is 1. The van der Waals surface area contributed by atoms with Crippen LogP contribution in [-0.4, -0.2) is 55.0 Å². The summed E-state index contributed by atoms with van der Waals surface area (Å²) in [6.07, 6.45) is -2.07. The summed E-state index contributed by atoms with van der Waals surface area (Å²) in [5.74, 6) is -0.173. The fourth-order valence-corrected chi connectivity index (χ4v) is 4.82. The number of alkyl halides is 3. The van der Waals surface area contributed by atoms with Gasteiger partial charge in [0, 0.05) is 24.8 Å². The Morgan fingerprint density at radius 1 is 1.15 bits per heavy atom. The molecule has 2 N–H and O–H groups in total. The Bertz CT molecular complexity index is 970. The SMILES string of the molecule is CN1CCC(N(Cc2ccccc2C(F)(F)F)C(=O)CNc2cccc3c2CCNC3)CC1. The number of nitrogens with zero attached hydrogens (tertiary/aromatic N) is 2. The van der Waals surface area contributed by atoms with Crippen molar-refractivity contribution in [3.63, 3.8) is 0 Å². The average molecular weight is 461 g/mol. The predicted molar refractivity (Wildman–Crippen MR) is 123 cm³/mol. The van der Waals surface area contributed by atoms with Crippen LogP contribution >= 0.6 is 0 Å². The third-order valence-corrected chi connectivity index (χ3v) is 6.68. The summed E-state index contributed by atoms with van der Waals surface area (Å²) in [5, 5.41) is 6.62. The average Bonchev–Trinajstić information content (AvgIpc) is 2.81. The van der Waals surface area contributed by atoms with E-state index in [4.69, 9.17) is 0 Å². The summed E-state index contributed by atoms with van der Waals surface area (Å²) in [7, 11) is 2.02. The van der Waals surface area contributed by atoms with Crippen molar-refractivity contribution in [3.8, 4) is 0 Å². The van der Waals surface area contributed by atoms with Crippen molar-refractivity contribution in [2.75, 3.05) is 38.5 Å². The number of hydrogen-bond acceptors (Lipinski definition) is 4. The van der Waals surface area contributed by atoms with Gasteiger partial charge in [-0.1, -0.05) is 30.3 Å². The maximum atomic E-state index is 13.6. The number of rotatable bonds is 6. The minimum absolute atomic E-state index is 0.0403. The molecule has 8 heteroatoms. The van der Waals surface area contributed by atoms with Crippen LogP contribution in [0.25, 0.3) is 0 Å². The maximum absolute atomic E-state index is 13.6. The van der Waals surface area contributed by atoms with Crippen molar-refractivity contribution in [1.82, 2.24) is 15.1 Å². The molecule has 1 amide bonds. The molecule has 0 radical (unpaired) electrons. The van der Waals surface area contributed by atoms with Gasteiger partial charge in [0.15, 0.2) is 0 Å². The van der Waals surface area contributed by atoms with E-state index in [-0.39, 0.29) is 30.6 Å². The standard InChI is InChI=1S/C25H31F3N4O/c1-31-13-10-20(11-14-31)32(17-19-5-2-3-7-22(19)25(26,27)28)24(33)16-30-23-8-4-6-18-15-29-12-9-21(18)23/h2-8,20,29-30H,9-17H2,1H3. The molecule has 4 rings (SSSR count). The van der Waals surface area contributed by atoms with Crippen LogP contribution in [0.3, 0.4) is 0 Å². The molecule has 0 spiro atoms. The van der Waals surface area contributed by atoms with Crippen molar-refractivity contribution in [2.24, 2.45) is 0 Å². The van der Waals surface area contributed by atoms with Crippen LogP contribution in [0.1, 0.15) is 35.1 Å². The summed E-state index contributed by atoms with van der Waals surface area (Å²) < 4.78 is 40.8. The minimum atomic E-state index is -4.45. The molecule has 178 valence electrons. The summed E-state index contributed by atoms with van der Waals surface area (Å²) >= 11 is 0. The van der Waals surface area contributed by atoms with Gasteiger partial charge in [0.2, 0.25) is 5.91 Å². The normalized spacial score (nSPS) is 17.5. The molecule has 2 aromatic rings. The van der Waals surface area contributed by atoms with Crippen LogP contribution in [0.2, 0.25) is 0 Å². The van der Waals surface area contributed by atoms with Gasteiger partial charge in [0.05, 0.1) is 12.1 Å². The molecule has 0 saturated carbocycles. The van der Waals surface area contributed by atoms with Crippen molar-refractivity contribution < 1.29 is 18.0 Å². The van der Waals surface area contributed by atoms with Gasteiger partial charge in [-0.05, 0) is 74.8 Å². The van der Waals surface area contributed by atoms with E-state index in [1.165, 1.54) is 23.3 Å². The fourth-order valence-electron chi connectivity index (χ4n) is 4.82. The number of anilines is 1. The van der Waals surface area contributed by atoms with E-state index in [1.54, 1.807) is 11.0 Å². The third kappa shape index (κ3) is 5.68. The second-order valence-corrected chi connectivity index (χ2v) is 8.93. The number of hydrogen-bond donors (Lipinski definition) is 2. The number of carbonyl (C=O) groups excluding carboxylic acids is 1. The molecule has 0 atom stereocenters. The van der Waals surface area contributed by atoms with Gasteiger partial charge >= 0.3 is 6.18 Å². The zero-order valence-electron chi connectivity index (χ0n) is 18.9. The molecule has 2 aliphatic heterocycles. The first-order valence-electron chi connectivity index (χ1n) is 11.5.